The van der Waals surface area contributed by atoms with Gasteiger partial charge in [0.05, 0.1) is 19.8 Å². The van der Waals surface area contributed by atoms with E-state index in [1.165, 1.54) is 0 Å². The third-order valence-electron chi connectivity index (χ3n) is 4.80. The van der Waals surface area contributed by atoms with Gasteiger partial charge in [-0.3, -0.25) is 4.79 Å². The van der Waals surface area contributed by atoms with E-state index >= 15 is 0 Å². The molecule has 2 aromatic rings. The summed E-state index contributed by atoms with van der Waals surface area (Å²) >= 11 is 0. The molecule has 2 rings (SSSR count). The SMILES string of the molecule is CCCOc1ccc(C(C)NC(=O)C(Cc2ccccc2)NC(=O)OC(C)(C)C)cc1OC. The third-order valence-corrected chi connectivity index (χ3v) is 4.80. The minimum atomic E-state index is -0.793. The Hall–Kier alpha value is -3.22. The Labute approximate surface area is 196 Å². The highest BCUT2D eigenvalue weighted by molar-refractivity contribution is 5.86. The van der Waals surface area contributed by atoms with Crippen molar-refractivity contribution in [2.45, 2.75) is 65.1 Å². The van der Waals surface area contributed by atoms with E-state index in [0.717, 1.165) is 17.5 Å². The van der Waals surface area contributed by atoms with Gasteiger partial charge in [-0.1, -0.05) is 43.3 Å². The lowest BCUT2D eigenvalue weighted by molar-refractivity contribution is -0.123. The van der Waals surface area contributed by atoms with E-state index in [1.807, 2.05) is 62.4 Å². The van der Waals surface area contributed by atoms with Gasteiger partial charge in [0, 0.05) is 6.42 Å². The largest absolute Gasteiger partial charge is 0.493 e. The molecule has 0 saturated heterocycles. The molecule has 0 aliphatic carbocycles. The molecular weight excluding hydrogens is 420 g/mol. The smallest absolute Gasteiger partial charge is 0.408 e. The number of amides is 2. The van der Waals surface area contributed by atoms with Crippen LogP contribution in [0.25, 0.3) is 0 Å². The Bertz CT molecular complexity index is 909. The lowest BCUT2D eigenvalue weighted by Crippen LogP contribution is -2.49. The minimum Gasteiger partial charge on any atom is -0.493 e. The van der Waals surface area contributed by atoms with E-state index in [0.29, 0.717) is 24.5 Å². The maximum atomic E-state index is 13.2. The molecule has 0 bridgehead atoms. The van der Waals surface area contributed by atoms with Crippen molar-refractivity contribution < 1.29 is 23.8 Å². The Balaban J connectivity index is 2.15. The molecule has 7 nitrogen and oxygen atoms in total. The Morgan fingerprint density at radius 1 is 1.00 bits per heavy atom. The fourth-order valence-corrected chi connectivity index (χ4v) is 3.19. The summed E-state index contributed by atoms with van der Waals surface area (Å²) in [6.45, 7) is 9.86. The van der Waals surface area contributed by atoms with Crippen LogP contribution in [-0.2, 0) is 16.0 Å². The second kappa shape index (κ2) is 12.1. The molecule has 0 spiro atoms. The fourth-order valence-electron chi connectivity index (χ4n) is 3.19. The van der Waals surface area contributed by atoms with Gasteiger partial charge in [0.2, 0.25) is 5.91 Å². The van der Waals surface area contributed by atoms with Crippen LogP contribution in [0.15, 0.2) is 48.5 Å². The first kappa shape index (κ1) is 26.0. The summed E-state index contributed by atoms with van der Waals surface area (Å²) in [4.78, 5) is 25.5. The number of hydrogen-bond donors (Lipinski definition) is 2. The summed E-state index contributed by atoms with van der Waals surface area (Å²) in [7, 11) is 1.59. The molecule has 0 aliphatic heterocycles. The molecule has 2 unspecified atom stereocenters. The summed E-state index contributed by atoms with van der Waals surface area (Å²) in [5, 5.41) is 5.71. The summed E-state index contributed by atoms with van der Waals surface area (Å²) in [6, 6.07) is 14.0. The van der Waals surface area contributed by atoms with Crippen molar-refractivity contribution in [1.82, 2.24) is 10.6 Å². The van der Waals surface area contributed by atoms with Crippen molar-refractivity contribution in [2.75, 3.05) is 13.7 Å². The van der Waals surface area contributed by atoms with Gasteiger partial charge in [-0.05, 0) is 57.4 Å². The number of hydrogen-bond acceptors (Lipinski definition) is 5. The molecule has 180 valence electrons. The monoisotopic (exact) mass is 456 g/mol. The molecule has 33 heavy (non-hydrogen) atoms. The summed E-state index contributed by atoms with van der Waals surface area (Å²) in [5.74, 6) is 0.965. The maximum absolute atomic E-state index is 13.2. The zero-order valence-electron chi connectivity index (χ0n) is 20.4. The molecule has 2 N–H and O–H groups in total. The van der Waals surface area contributed by atoms with Gasteiger partial charge >= 0.3 is 6.09 Å². The predicted octanol–water partition coefficient (Wildman–Crippen LogP) is 4.80. The van der Waals surface area contributed by atoms with E-state index < -0.39 is 17.7 Å². The summed E-state index contributed by atoms with van der Waals surface area (Å²) in [6.07, 6.45) is 0.599. The van der Waals surface area contributed by atoms with Crippen LogP contribution < -0.4 is 20.1 Å². The average Bonchev–Trinajstić information content (AvgIpc) is 2.76. The molecule has 2 atom stereocenters. The topological polar surface area (TPSA) is 85.9 Å². The zero-order valence-corrected chi connectivity index (χ0v) is 20.4. The Kier molecular flexibility index (Phi) is 9.57. The van der Waals surface area contributed by atoms with Gasteiger partial charge in [-0.25, -0.2) is 4.79 Å². The highest BCUT2D eigenvalue weighted by Crippen LogP contribution is 2.30. The predicted molar refractivity (Wildman–Crippen MR) is 129 cm³/mol. The van der Waals surface area contributed by atoms with E-state index in [-0.39, 0.29) is 11.9 Å². The number of ether oxygens (including phenoxy) is 3. The van der Waals surface area contributed by atoms with Crippen molar-refractivity contribution in [3.63, 3.8) is 0 Å². The quantitative estimate of drug-likeness (QED) is 0.537. The van der Waals surface area contributed by atoms with Crippen LogP contribution in [0.4, 0.5) is 4.79 Å². The molecule has 7 heteroatoms. The number of carbonyl (C=O) groups excluding carboxylic acids is 2. The van der Waals surface area contributed by atoms with Gasteiger partial charge in [0.1, 0.15) is 11.6 Å². The molecular formula is C26H36N2O5. The molecule has 0 heterocycles. The van der Waals surface area contributed by atoms with Crippen molar-refractivity contribution >= 4 is 12.0 Å². The van der Waals surface area contributed by atoms with Crippen LogP contribution in [0.5, 0.6) is 11.5 Å². The first-order valence-corrected chi connectivity index (χ1v) is 11.3. The minimum absolute atomic E-state index is 0.303. The van der Waals surface area contributed by atoms with Crippen LogP contribution in [0.1, 0.15) is 58.2 Å². The van der Waals surface area contributed by atoms with Crippen molar-refractivity contribution in [3.8, 4) is 11.5 Å². The van der Waals surface area contributed by atoms with Crippen LogP contribution in [0.2, 0.25) is 0 Å². The van der Waals surface area contributed by atoms with Crippen LogP contribution >= 0.6 is 0 Å². The maximum Gasteiger partial charge on any atom is 0.408 e. The normalized spacial score (nSPS) is 12.9. The molecule has 2 amide bonds. The molecule has 0 fully saturated rings. The van der Waals surface area contributed by atoms with Gasteiger partial charge in [0.25, 0.3) is 0 Å². The van der Waals surface area contributed by atoms with E-state index in [1.54, 1.807) is 27.9 Å². The average molecular weight is 457 g/mol. The van der Waals surface area contributed by atoms with Gasteiger partial charge in [-0.2, -0.15) is 0 Å². The van der Waals surface area contributed by atoms with E-state index in [9.17, 15) is 9.59 Å². The van der Waals surface area contributed by atoms with Gasteiger partial charge in [0.15, 0.2) is 11.5 Å². The van der Waals surface area contributed by atoms with Crippen LogP contribution in [-0.4, -0.2) is 37.4 Å². The third kappa shape index (κ3) is 8.67. The zero-order chi connectivity index (χ0) is 24.4. The second-order valence-electron chi connectivity index (χ2n) is 8.88. The van der Waals surface area contributed by atoms with Crippen LogP contribution in [0.3, 0.4) is 0 Å². The number of alkyl carbamates (subject to hydrolysis) is 1. The van der Waals surface area contributed by atoms with Crippen LogP contribution in [0, 0.1) is 0 Å². The van der Waals surface area contributed by atoms with E-state index in [4.69, 9.17) is 14.2 Å². The number of nitrogens with one attached hydrogen (secondary N) is 2. The van der Waals surface area contributed by atoms with Crippen molar-refractivity contribution in [1.29, 1.82) is 0 Å². The molecule has 2 aromatic carbocycles. The number of methoxy groups -OCH3 is 1. The molecule has 0 aromatic heterocycles. The first-order valence-electron chi connectivity index (χ1n) is 11.3. The second-order valence-corrected chi connectivity index (χ2v) is 8.88. The highest BCUT2D eigenvalue weighted by atomic mass is 16.6. The number of carbonyl (C=O) groups is 2. The summed E-state index contributed by atoms with van der Waals surface area (Å²) in [5.41, 5.74) is 1.13. The number of benzene rings is 2. The molecule has 0 aliphatic rings. The Morgan fingerprint density at radius 3 is 2.30 bits per heavy atom. The highest BCUT2D eigenvalue weighted by Gasteiger charge is 2.26. The van der Waals surface area contributed by atoms with Gasteiger partial charge < -0.3 is 24.8 Å². The summed E-state index contributed by atoms with van der Waals surface area (Å²) < 4.78 is 16.5. The van der Waals surface area contributed by atoms with Crippen molar-refractivity contribution in [3.05, 3.63) is 59.7 Å². The lowest BCUT2D eigenvalue weighted by atomic mass is 10.0. The van der Waals surface area contributed by atoms with E-state index in [2.05, 4.69) is 10.6 Å². The molecule has 0 saturated carbocycles. The van der Waals surface area contributed by atoms with Crippen molar-refractivity contribution in [2.24, 2.45) is 0 Å². The Morgan fingerprint density at radius 2 is 1.70 bits per heavy atom. The molecule has 0 radical (unpaired) electrons. The standard InChI is InChI=1S/C26H36N2O5/c1-7-15-32-22-14-13-20(17-23(22)31-6)18(2)27-24(29)21(16-19-11-9-8-10-12-19)28-25(30)33-26(3,4)5/h8-14,17-18,21H,7,15-16H2,1-6H3,(H,27,29)(H,28,30). The fraction of sp³-hybridized carbons (Fsp3) is 0.462. The van der Waals surface area contributed by atoms with Gasteiger partial charge in [-0.15, -0.1) is 0 Å². The lowest BCUT2D eigenvalue weighted by Gasteiger charge is -2.25. The number of rotatable bonds is 10. The first-order chi connectivity index (χ1) is 15.6.